The Bertz CT molecular complexity index is 1040. The minimum Gasteiger partial charge on any atom is -0.369 e. The topological polar surface area (TPSA) is 113 Å². The highest BCUT2D eigenvalue weighted by Crippen LogP contribution is 2.59. The second-order valence-corrected chi connectivity index (χ2v) is 12.3. The number of anilines is 1. The van der Waals surface area contributed by atoms with Crippen LogP contribution in [0.3, 0.4) is 0 Å². The number of aryl methyl sites for hydroxylation is 1. The van der Waals surface area contributed by atoms with E-state index in [0.29, 0.717) is 31.1 Å². The van der Waals surface area contributed by atoms with Crippen molar-refractivity contribution in [1.82, 2.24) is 9.62 Å². The van der Waals surface area contributed by atoms with Crippen LogP contribution in [-0.4, -0.2) is 50.2 Å². The second-order valence-electron chi connectivity index (χ2n) is 10.5. The summed E-state index contributed by atoms with van der Waals surface area (Å²) in [5.74, 6) is 0.559. The van der Waals surface area contributed by atoms with Crippen molar-refractivity contribution in [2.45, 2.75) is 57.9 Å². The van der Waals surface area contributed by atoms with Crippen molar-refractivity contribution in [3.63, 3.8) is 0 Å². The number of para-hydroxylation sites is 1. The SMILES string of the molecule is CCc1ccccc1N1CCCN(CC(=O)NC2C3CC4CC2CC(C(N)=O)(C4)C3)S1(=O)=O. The first-order valence-electron chi connectivity index (χ1n) is 12.2. The first-order valence-corrected chi connectivity index (χ1v) is 13.6. The fourth-order valence-corrected chi connectivity index (χ4v) is 8.88. The van der Waals surface area contributed by atoms with Crippen molar-refractivity contribution in [2.75, 3.05) is 23.9 Å². The highest BCUT2D eigenvalue weighted by Gasteiger charge is 2.58. The number of benzene rings is 1. The van der Waals surface area contributed by atoms with Gasteiger partial charge in [0.2, 0.25) is 11.8 Å². The first kappa shape index (κ1) is 22.7. The number of carbonyl (C=O) groups is 2. The Morgan fingerprint density at radius 3 is 2.48 bits per heavy atom. The monoisotopic (exact) mass is 474 g/mol. The van der Waals surface area contributed by atoms with Crippen LogP contribution in [0.15, 0.2) is 24.3 Å². The Labute approximate surface area is 196 Å². The lowest BCUT2D eigenvalue weighted by Gasteiger charge is -2.58. The Balaban J connectivity index is 1.28. The van der Waals surface area contributed by atoms with Crippen LogP contribution in [0, 0.1) is 23.2 Å². The van der Waals surface area contributed by atoms with Gasteiger partial charge in [-0.3, -0.25) is 13.9 Å². The van der Waals surface area contributed by atoms with E-state index in [1.54, 1.807) is 0 Å². The number of nitrogens with zero attached hydrogens (tertiary/aromatic N) is 2. The van der Waals surface area contributed by atoms with Crippen LogP contribution in [-0.2, 0) is 26.2 Å². The van der Waals surface area contributed by atoms with Gasteiger partial charge < -0.3 is 11.1 Å². The number of carbonyl (C=O) groups excluding carboxylic acids is 2. The molecule has 5 fully saturated rings. The van der Waals surface area contributed by atoms with E-state index in [0.717, 1.165) is 44.1 Å². The van der Waals surface area contributed by atoms with E-state index in [-0.39, 0.29) is 36.2 Å². The zero-order valence-corrected chi connectivity index (χ0v) is 20.0. The van der Waals surface area contributed by atoms with Gasteiger partial charge in [-0.1, -0.05) is 25.1 Å². The lowest BCUT2D eigenvalue weighted by molar-refractivity contribution is -0.147. The summed E-state index contributed by atoms with van der Waals surface area (Å²) >= 11 is 0. The maximum absolute atomic E-state index is 13.4. The molecule has 5 aliphatic rings. The van der Waals surface area contributed by atoms with Crippen LogP contribution in [0.2, 0.25) is 0 Å². The standard InChI is InChI=1S/C24H34N4O4S/c1-2-17-6-3-4-7-20(17)28-9-5-8-27(33(28,31)32)15-21(29)26-22-18-10-16-11-19(22)14-24(12-16,13-18)23(25)30/h3-4,6-7,16,18-19,22H,2,5,8-15H2,1H3,(H2,25,30)(H,26,29). The molecule has 0 aromatic heterocycles. The molecule has 0 spiro atoms. The van der Waals surface area contributed by atoms with E-state index in [1.807, 2.05) is 31.2 Å². The van der Waals surface area contributed by atoms with Gasteiger partial charge in [0.1, 0.15) is 0 Å². The molecular formula is C24H34N4O4S. The van der Waals surface area contributed by atoms with E-state index in [1.165, 1.54) is 8.61 Å². The van der Waals surface area contributed by atoms with E-state index in [9.17, 15) is 18.0 Å². The molecule has 4 bridgehead atoms. The third-order valence-electron chi connectivity index (χ3n) is 8.46. The molecular weight excluding hydrogens is 440 g/mol. The molecule has 2 atom stereocenters. The van der Waals surface area contributed by atoms with Crippen molar-refractivity contribution in [1.29, 1.82) is 0 Å². The molecule has 6 rings (SSSR count). The highest BCUT2D eigenvalue weighted by molar-refractivity contribution is 7.90. The first-order chi connectivity index (χ1) is 15.7. The molecule has 4 aliphatic carbocycles. The van der Waals surface area contributed by atoms with Crippen LogP contribution < -0.4 is 15.4 Å². The summed E-state index contributed by atoms with van der Waals surface area (Å²) in [7, 11) is -3.78. The predicted octanol–water partition coefficient (Wildman–Crippen LogP) is 1.80. The van der Waals surface area contributed by atoms with Gasteiger partial charge in [0.25, 0.3) is 0 Å². The minimum atomic E-state index is -3.78. The summed E-state index contributed by atoms with van der Waals surface area (Å²) in [6.45, 7) is 2.59. The number of hydrogen-bond donors (Lipinski definition) is 2. The lowest BCUT2D eigenvalue weighted by Crippen LogP contribution is -2.63. The Morgan fingerprint density at radius 1 is 1.12 bits per heavy atom. The van der Waals surface area contributed by atoms with Crippen LogP contribution >= 0.6 is 0 Å². The van der Waals surface area contributed by atoms with E-state index in [2.05, 4.69) is 5.32 Å². The molecule has 1 aliphatic heterocycles. The third kappa shape index (κ3) is 3.83. The third-order valence-corrected chi connectivity index (χ3v) is 10.4. The summed E-state index contributed by atoms with van der Waals surface area (Å²) in [6, 6.07) is 7.55. The highest BCUT2D eigenvalue weighted by atomic mass is 32.2. The summed E-state index contributed by atoms with van der Waals surface area (Å²) in [5.41, 5.74) is 7.04. The van der Waals surface area contributed by atoms with Gasteiger partial charge in [-0.15, -0.1) is 0 Å². The lowest BCUT2D eigenvalue weighted by atomic mass is 9.47. The van der Waals surface area contributed by atoms with Crippen molar-refractivity contribution in [3.05, 3.63) is 29.8 Å². The van der Waals surface area contributed by atoms with Crippen molar-refractivity contribution >= 4 is 27.7 Å². The van der Waals surface area contributed by atoms with Crippen molar-refractivity contribution < 1.29 is 18.0 Å². The van der Waals surface area contributed by atoms with Crippen LogP contribution in [0.5, 0.6) is 0 Å². The van der Waals surface area contributed by atoms with Crippen LogP contribution in [0.25, 0.3) is 0 Å². The van der Waals surface area contributed by atoms with Gasteiger partial charge in [-0.2, -0.15) is 12.7 Å². The number of hydrogen-bond acceptors (Lipinski definition) is 4. The molecule has 1 saturated heterocycles. The van der Waals surface area contributed by atoms with Gasteiger partial charge in [0.05, 0.1) is 12.2 Å². The smallest absolute Gasteiger partial charge is 0.304 e. The van der Waals surface area contributed by atoms with Crippen molar-refractivity contribution in [3.8, 4) is 0 Å². The number of nitrogens with two attached hydrogens (primary N) is 1. The fraction of sp³-hybridized carbons (Fsp3) is 0.667. The fourth-order valence-electron chi connectivity index (χ4n) is 7.17. The number of amides is 2. The van der Waals surface area contributed by atoms with Gasteiger partial charge >= 0.3 is 10.2 Å². The van der Waals surface area contributed by atoms with Gasteiger partial charge in [0, 0.05) is 24.5 Å². The van der Waals surface area contributed by atoms with E-state index >= 15 is 0 Å². The Kier molecular flexibility index (Phi) is 5.68. The maximum Gasteiger partial charge on any atom is 0.304 e. The molecule has 2 unspecified atom stereocenters. The molecule has 1 aromatic rings. The Morgan fingerprint density at radius 2 is 1.82 bits per heavy atom. The number of nitrogens with one attached hydrogen (secondary N) is 1. The second kappa shape index (κ2) is 8.27. The van der Waals surface area contributed by atoms with Crippen LogP contribution in [0.1, 0.15) is 51.0 Å². The molecule has 33 heavy (non-hydrogen) atoms. The molecule has 9 heteroatoms. The average Bonchev–Trinajstić information content (AvgIpc) is 2.77. The minimum absolute atomic E-state index is 0.00550. The molecule has 0 radical (unpaired) electrons. The Hall–Kier alpha value is -2.13. The molecule has 2 amide bonds. The van der Waals surface area contributed by atoms with E-state index in [4.69, 9.17) is 5.73 Å². The zero-order valence-electron chi connectivity index (χ0n) is 19.2. The summed E-state index contributed by atoms with van der Waals surface area (Å²) in [5, 5.41) is 3.16. The molecule has 4 saturated carbocycles. The molecule has 8 nitrogen and oxygen atoms in total. The quantitative estimate of drug-likeness (QED) is 0.655. The average molecular weight is 475 g/mol. The summed E-state index contributed by atoms with van der Waals surface area (Å²) < 4.78 is 29.5. The van der Waals surface area contributed by atoms with E-state index < -0.39 is 15.6 Å². The zero-order chi connectivity index (χ0) is 23.4. The van der Waals surface area contributed by atoms with Gasteiger partial charge in [-0.25, -0.2) is 0 Å². The molecule has 1 heterocycles. The largest absolute Gasteiger partial charge is 0.369 e. The molecule has 180 valence electrons. The van der Waals surface area contributed by atoms with Gasteiger partial charge in [0.15, 0.2) is 0 Å². The molecule has 1 aromatic carbocycles. The number of rotatable bonds is 6. The summed E-state index contributed by atoms with van der Waals surface area (Å²) in [4.78, 5) is 25.2. The van der Waals surface area contributed by atoms with Gasteiger partial charge in [-0.05, 0) is 74.3 Å². The number of primary amides is 1. The maximum atomic E-state index is 13.4. The normalized spacial score (nSPS) is 34.9. The predicted molar refractivity (Wildman–Crippen MR) is 125 cm³/mol. The molecule has 3 N–H and O–H groups in total. The summed E-state index contributed by atoms with van der Waals surface area (Å²) in [6.07, 6.45) is 5.80. The van der Waals surface area contributed by atoms with Crippen molar-refractivity contribution in [2.24, 2.45) is 28.9 Å². The van der Waals surface area contributed by atoms with Crippen LogP contribution in [0.4, 0.5) is 5.69 Å².